The summed E-state index contributed by atoms with van der Waals surface area (Å²) in [6.45, 7) is 3.43. The molecule has 0 atom stereocenters. The molecular weight excluding hydrogens is 334 g/mol. The number of rotatable bonds is 4. The van der Waals surface area contributed by atoms with Crippen molar-refractivity contribution in [2.45, 2.75) is 24.5 Å². The Bertz CT molecular complexity index is 816. The molecule has 0 aliphatic rings. The van der Waals surface area contributed by atoms with Gasteiger partial charge in [-0.25, -0.2) is 13.4 Å². The summed E-state index contributed by atoms with van der Waals surface area (Å²) in [4.78, 5) is 16.1. The topological polar surface area (TPSA) is 76.1 Å². The summed E-state index contributed by atoms with van der Waals surface area (Å²) in [5.74, 6) is -3.97. The van der Waals surface area contributed by atoms with E-state index < -0.39 is 26.4 Å². The second-order valence-corrected chi connectivity index (χ2v) is 7.56. The maximum atomic E-state index is 12.5. The molecule has 0 aliphatic carbocycles. The molecule has 1 aromatic heterocycles. The standard InChI is InChI=1S/C13H12F2N2O3S2/c1-7-11(21-8(2)16-7)12(18)17-9-4-3-5-10(6-9)22(19,20)13(14)15/h3-6,13H,1-2H3,(H,17,18). The van der Waals surface area contributed by atoms with Crippen LogP contribution in [0.4, 0.5) is 14.5 Å². The van der Waals surface area contributed by atoms with Gasteiger partial charge in [0.05, 0.1) is 15.6 Å². The van der Waals surface area contributed by atoms with E-state index in [1.54, 1.807) is 13.8 Å². The monoisotopic (exact) mass is 346 g/mol. The molecule has 0 saturated heterocycles. The second kappa shape index (κ2) is 6.09. The van der Waals surface area contributed by atoms with Crippen LogP contribution in [0.3, 0.4) is 0 Å². The first-order valence-electron chi connectivity index (χ1n) is 6.09. The van der Waals surface area contributed by atoms with Crippen molar-refractivity contribution in [3.63, 3.8) is 0 Å². The number of hydrogen-bond acceptors (Lipinski definition) is 5. The van der Waals surface area contributed by atoms with Crippen LogP contribution >= 0.6 is 11.3 Å². The van der Waals surface area contributed by atoms with Gasteiger partial charge in [0.25, 0.3) is 5.91 Å². The van der Waals surface area contributed by atoms with Gasteiger partial charge in [-0.15, -0.1) is 11.3 Å². The average molecular weight is 346 g/mol. The predicted octanol–water partition coefficient (Wildman–Crippen LogP) is 3.01. The molecule has 22 heavy (non-hydrogen) atoms. The summed E-state index contributed by atoms with van der Waals surface area (Å²) in [6, 6.07) is 4.77. The van der Waals surface area contributed by atoms with E-state index in [2.05, 4.69) is 10.3 Å². The zero-order chi connectivity index (χ0) is 16.5. The summed E-state index contributed by atoms with van der Waals surface area (Å²) in [6.07, 6.45) is 0. The Kier molecular flexibility index (Phi) is 4.57. The Labute approximate surface area is 129 Å². The Morgan fingerprint density at radius 1 is 1.32 bits per heavy atom. The lowest BCUT2D eigenvalue weighted by Crippen LogP contribution is -2.14. The molecule has 1 N–H and O–H groups in total. The van der Waals surface area contributed by atoms with E-state index in [1.165, 1.54) is 23.5 Å². The van der Waals surface area contributed by atoms with Gasteiger partial charge in [-0.3, -0.25) is 4.79 Å². The number of halogens is 2. The molecule has 5 nitrogen and oxygen atoms in total. The fourth-order valence-electron chi connectivity index (χ4n) is 1.78. The Hall–Kier alpha value is -1.87. The molecule has 0 radical (unpaired) electrons. The van der Waals surface area contributed by atoms with E-state index in [9.17, 15) is 22.0 Å². The third-order valence-electron chi connectivity index (χ3n) is 2.76. The van der Waals surface area contributed by atoms with Gasteiger partial charge in [0.2, 0.25) is 9.84 Å². The zero-order valence-corrected chi connectivity index (χ0v) is 13.3. The van der Waals surface area contributed by atoms with Crippen molar-refractivity contribution in [2.75, 3.05) is 5.32 Å². The fourth-order valence-corrected chi connectivity index (χ4v) is 3.36. The van der Waals surface area contributed by atoms with Crippen LogP contribution in [0, 0.1) is 13.8 Å². The number of hydrogen-bond donors (Lipinski definition) is 1. The minimum atomic E-state index is -4.70. The number of aromatic nitrogens is 1. The van der Waals surface area contributed by atoms with Gasteiger partial charge in [0.1, 0.15) is 4.88 Å². The van der Waals surface area contributed by atoms with Crippen LogP contribution in [0.25, 0.3) is 0 Å². The normalized spacial score (nSPS) is 11.7. The Morgan fingerprint density at radius 2 is 2.00 bits per heavy atom. The highest BCUT2D eigenvalue weighted by molar-refractivity contribution is 7.91. The highest BCUT2D eigenvalue weighted by Gasteiger charge is 2.26. The molecule has 0 saturated carbocycles. The number of alkyl halides is 2. The van der Waals surface area contributed by atoms with Gasteiger partial charge in [0.15, 0.2) is 0 Å². The number of sulfone groups is 1. The largest absolute Gasteiger partial charge is 0.341 e. The predicted molar refractivity (Wildman–Crippen MR) is 79.2 cm³/mol. The number of anilines is 1. The molecule has 118 valence electrons. The second-order valence-electron chi connectivity index (χ2n) is 4.44. The van der Waals surface area contributed by atoms with Crippen molar-refractivity contribution in [2.24, 2.45) is 0 Å². The van der Waals surface area contributed by atoms with Crippen molar-refractivity contribution in [3.05, 3.63) is 39.8 Å². The molecule has 0 bridgehead atoms. The Balaban J connectivity index is 2.28. The summed E-state index contributed by atoms with van der Waals surface area (Å²) < 4.78 is 47.9. The van der Waals surface area contributed by atoms with Crippen LogP contribution < -0.4 is 5.32 Å². The van der Waals surface area contributed by atoms with E-state index in [0.717, 1.165) is 17.1 Å². The molecule has 0 spiro atoms. The summed E-state index contributed by atoms with van der Waals surface area (Å²) in [5, 5.41) is 3.21. The van der Waals surface area contributed by atoms with Gasteiger partial charge in [-0.1, -0.05) is 6.07 Å². The highest BCUT2D eigenvalue weighted by atomic mass is 32.2. The third-order valence-corrected chi connectivity index (χ3v) is 5.22. The fraction of sp³-hybridized carbons (Fsp3) is 0.231. The first-order chi connectivity index (χ1) is 10.2. The van der Waals surface area contributed by atoms with Gasteiger partial charge in [-0.2, -0.15) is 8.78 Å². The van der Waals surface area contributed by atoms with Crippen molar-refractivity contribution >= 4 is 32.8 Å². The molecule has 1 amide bonds. The van der Waals surface area contributed by atoms with Crippen LogP contribution in [-0.4, -0.2) is 25.1 Å². The molecule has 0 unspecified atom stereocenters. The van der Waals surface area contributed by atoms with Crippen LogP contribution in [0.2, 0.25) is 0 Å². The Morgan fingerprint density at radius 3 is 2.55 bits per heavy atom. The van der Waals surface area contributed by atoms with E-state index >= 15 is 0 Å². The van der Waals surface area contributed by atoms with E-state index in [0.29, 0.717) is 10.6 Å². The van der Waals surface area contributed by atoms with Crippen molar-refractivity contribution in [1.82, 2.24) is 4.98 Å². The summed E-state index contributed by atoms with van der Waals surface area (Å²) in [5.41, 5.74) is 0.675. The number of thiazole rings is 1. The first kappa shape index (κ1) is 16.5. The minimum Gasteiger partial charge on any atom is -0.321 e. The van der Waals surface area contributed by atoms with Crippen LogP contribution in [-0.2, 0) is 9.84 Å². The molecule has 9 heteroatoms. The lowest BCUT2D eigenvalue weighted by Gasteiger charge is -2.07. The third kappa shape index (κ3) is 3.30. The molecule has 0 fully saturated rings. The quantitative estimate of drug-likeness (QED) is 0.923. The average Bonchev–Trinajstić information content (AvgIpc) is 2.78. The number of carbonyl (C=O) groups excluding carboxylic acids is 1. The lowest BCUT2D eigenvalue weighted by molar-refractivity contribution is 0.102. The van der Waals surface area contributed by atoms with Crippen LogP contribution in [0.1, 0.15) is 20.4 Å². The van der Waals surface area contributed by atoms with Gasteiger partial charge < -0.3 is 5.32 Å². The van der Waals surface area contributed by atoms with Gasteiger partial charge >= 0.3 is 5.76 Å². The molecule has 0 aliphatic heterocycles. The smallest absolute Gasteiger partial charge is 0.321 e. The number of aryl methyl sites for hydroxylation is 2. The lowest BCUT2D eigenvalue weighted by atomic mass is 10.3. The van der Waals surface area contributed by atoms with Crippen molar-refractivity contribution < 1.29 is 22.0 Å². The number of nitrogens with zero attached hydrogens (tertiary/aromatic N) is 1. The number of benzene rings is 1. The van der Waals surface area contributed by atoms with E-state index in [1.807, 2.05) is 0 Å². The highest BCUT2D eigenvalue weighted by Crippen LogP contribution is 2.23. The van der Waals surface area contributed by atoms with Gasteiger partial charge in [0, 0.05) is 5.69 Å². The molecule has 1 heterocycles. The molecule has 2 rings (SSSR count). The molecular formula is C13H12F2N2O3S2. The first-order valence-corrected chi connectivity index (χ1v) is 8.45. The summed E-state index contributed by atoms with van der Waals surface area (Å²) in [7, 11) is -4.70. The number of amides is 1. The van der Waals surface area contributed by atoms with E-state index in [-0.39, 0.29) is 5.69 Å². The molecule has 1 aromatic carbocycles. The van der Waals surface area contributed by atoms with Crippen molar-refractivity contribution in [3.8, 4) is 0 Å². The maximum absolute atomic E-state index is 12.5. The minimum absolute atomic E-state index is 0.122. The summed E-state index contributed by atoms with van der Waals surface area (Å²) >= 11 is 1.19. The van der Waals surface area contributed by atoms with Crippen molar-refractivity contribution in [1.29, 1.82) is 0 Å². The van der Waals surface area contributed by atoms with Crippen LogP contribution in [0.5, 0.6) is 0 Å². The van der Waals surface area contributed by atoms with Gasteiger partial charge in [-0.05, 0) is 32.0 Å². The van der Waals surface area contributed by atoms with E-state index in [4.69, 9.17) is 0 Å². The number of carbonyl (C=O) groups is 1. The zero-order valence-electron chi connectivity index (χ0n) is 11.6. The number of nitrogens with one attached hydrogen (secondary N) is 1. The molecule has 2 aromatic rings. The SMILES string of the molecule is Cc1nc(C)c(C(=O)Nc2cccc(S(=O)(=O)C(F)F)c2)s1. The van der Waals surface area contributed by atoms with Crippen LogP contribution in [0.15, 0.2) is 29.2 Å². The maximum Gasteiger partial charge on any atom is 0.341 e.